The van der Waals surface area contributed by atoms with Crippen LogP contribution in [-0.2, 0) is 13.0 Å². The molecule has 0 radical (unpaired) electrons. The third-order valence-corrected chi connectivity index (χ3v) is 3.90. The van der Waals surface area contributed by atoms with Crippen LogP contribution in [0, 0.1) is 0 Å². The number of ether oxygens (including phenoxy) is 2. The molecule has 25 heavy (non-hydrogen) atoms. The second-order valence-electron chi connectivity index (χ2n) is 6.17. The molecule has 0 aliphatic heterocycles. The molecular formula is C19H26ClN3O2. The highest BCUT2D eigenvalue weighted by Crippen LogP contribution is 2.34. The fourth-order valence-electron chi connectivity index (χ4n) is 2.43. The second kappa shape index (κ2) is 9.59. The Labute approximate surface area is 154 Å². The molecule has 1 atom stereocenters. The van der Waals surface area contributed by atoms with Crippen LogP contribution in [0.5, 0.6) is 11.5 Å². The van der Waals surface area contributed by atoms with E-state index in [0.29, 0.717) is 23.9 Å². The van der Waals surface area contributed by atoms with Gasteiger partial charge in [-0.25, -0.2) is 0 Å². The topological polar surface area (TPSA) is 56.3 Å². The number of hydrogen-bond donors (Lipinski definition) is 1. The van der Waals surface area contributed by atoms with E-state index in [4.69, 9.17) is 21.1 Å². The van der Waals surface area contributed by atoms with Crippen LogP contribution in [0.3, 0.4) is 0 Å². The smallest absolute Gasteiger partial charge is 0.163 e. The van der Waals surface area contributed by atoms with Crippen molar-refractivity contribution in [2.24, 2.45) is 0 Å². The van der Waals surface area contributed by atoms with Gasteiger partial charge in [0.25, 0.3) is 0 Å². The maximum Gasteiger partial charge on any atom is 0.163 e. The van der Waals surface area contributed by atoms with E-state index in [9.17, 15) is 0 Å². The molecule has 0 aliphatic rings. The van der Waals surface area contributed by atoms with Gasteiger partial charge in [-0.2, -0.15) is 0 Å². The van der Waals surface area contributed by atoms with Crippen molar-refractivity contribution in [1.82, 2.24) is 15.3 Å². The Hall–Kier alpha value is -1.85. The van der Waals surface area contributed by atoms with E-state index in [1.54, 1.807) is 18.6 Å². The minimum atomic E-state index is 0.0613. The molecule has 2 aromatic rings. The molecule has 1 aromatic heterocycles. The zero-order valence-electron chi connectivity index (χ0n) is 15.3. The lowest BCUT2D eigenvalue weighted by atomic mass is 10.1. The normalized spacial score (nSPS) is 12.2. The van der Waals surface area contributed by atoms with Crippen molar-refractivity contribution in [3.05, 3.63) is 47.0 Å². The molecule has 0 amide bonds. The van der Waals surface area contributed by atoms with Gasteiger partial charge in [-0.1, -0.05) is 11.6 Å². The van der Waals surface area contributed by atoms with Gasteiger partial charge in [0.05, 0.1) is 18.4 Å². The van der Waals surface area contributed by atoms with Crippen LogP contribution in [0.1, 0.15) is 39.0 Å². The molecule has 0 saturated heterocycles. The van der Waals surface area contributed by atoms with Crippen molar-refractivity contribution in [3.63, 3.8) is 0 Å². The highest BCUT2D eigenvalue weighted by atomic mass is 35.5. The van der Waals surface area contributed by atoms with Gasteiger partial charge in [0.1, 0.15) is 0 Å². The van der Waals surface area contributed by atoms with Crippen molar-refractivity contribution in [2.45, 2.75) is 52.8 Å². The van der Waals surface area contributed by atoms with Gasteiger partial charge in [-0.05, 0) is 39.3 Å². The van der Waals surface area contributed by atoms with Crippen LogP contribution in [0.25, 0.3) is 0 Å². The quantitative estimate of drug-likeness (QED) is 0.728. The highest BCUT2D eigenvalue weighted by molar-refractivity contribution is 6.31. The summed E-state index contributed by atoms with van der Waals surface area (Å²) in [6.45, 7) is 9.24. The van der Waals surface area contributed by atoms with Crippen molar-refractivity contribution in [2.75, 3.05) is 6.61 Å². The lowest BCUT2D eigenvalue weighted by Gasteiger charge is -2.18. The van der Waals surface area contributed by atoms with E-state index >= 15 is 0 Å². The zero-order chi connectivity index (χ0) is 18.2. The molecule has 0 bridgehead atoms. The van der Waals surface area contributed by atoms with Crippen LogP contribution >= 0.6 is 11.6 Å². The van der Waals surface area contributed by atoms with Crippen molar-refractivity contribution < 1.29 is 9.47 Å². The van der Waals surface area contributed by atoms with Gasteiger partial charge in [-0.15, -0.1) is 0 Å². The van der Waals surface area contributed by atoms with Crippen molar-refractivity contribution in [3.8, 4) is 11.5 Å². The molecule has 1 heterocycles. The fraction of sp³-hybridized carbons (Fsp3) is 0.474. The first-order valence-electron chi connectivity index (χ1n) is 8.59. The van der Waals surface area contributed by atoms with Crippen molar-refractivity contribution in [1.29, 1.82) is 0 Å². The summed E-state index contributed by atoms with van der Waals surface area (Å²) >= 11 is 6.43. The predicted molar refractivity (Wildman–Crippen MR) is 100 cm³/mol. The molecule has 0 unspecified atom stereocenters. The van der Waals surface area contributed by atoms with E-state index in [1.165, 1.54) is 0 Å². The maximum atomic E-state index is 6.43. The zero-order valence-corrected chi connectivity index (χ0v) is 16.0. The van der Waals surface area contributed by atoms with E-state index < -0.39 is 0 Å². The average Bonchev–Trinajstić information content (AvgIpc) is 2.56. The number of halogens is 1. The highest BCUT2D eigenvalue weighted by Gasteiger charge is 2.13. The minimum absolute atomic E-state index is 0.0613. The van der Waals surface area contributed by atoms with Gasteiger partial charge >= 0.3 is 0 Å². The molecule has 2 rings (SSSR count). The van der Waals surface area contributed by atoms with Gasteiger partial charge in [0.15, 0.2) is 11.5 Å². The van der Waals surface area contributed by atoms with E-state index in [1.807, 2.05) is 32.9 Å². The van der Waals surface area contributed by atoms with Gasteiger partial charge in [0, 0.05) is 48.7 Å². The molecule has 0 fully saturated rings. The molecular weight excluding hydrogens is 338 g/mol. The van der Waals surface area contributed by atoms with Gasteiger partial charge in [0.2, 0.25) is 0 Å². The van der Waals surface area contributed by atoms with Crippen LogP contribution in [-0.4, -0.2) is 28.7 Å². The van der Waals surface area contributed by atoms with Crippen LogP contribution in [0.15, 0.2) is 30.7 Å². The van der Waals surface area contributed by atoms with Crippen LogP contribution in [0.4, 0.5) is 0 Å². The molecule has 1 aromatic carbocycles. The predicted octanol–water partition coefficient (Wildman–Crippen LogP) is 4.04. The largest absolute Gasteiger partial charge is 0.490 e. The second-order valence-corrected chi connectivity index (χ2v) is 6.58. The average molecular weight is 364 g/mol. The first kappa shape index (κ1) is 19.5. The van der Waals surface area contributed by atoms with E-state index in [-0.39, 0.29) is 12.1 Å². The number of nitrogens with one attached hydrogen (secondary N) is 1. The summed E-state index contributed by atoms with van der Waals surface area (Å²) in [5.41, 5.74) is 1.94. The lowest BCUT2D eigenvalue weighted by molar-refractivity contribution is 0.223. The third-order valence-electron chi connectivity index (χ3n) is 3.55. The third kappa shape index (κ3) is 6.18. The first-order valence-corrected chi connectivity index (χ1v) is 8.97. The molecule has 0 saturated carbocycles. The molecule has 5 nitrogen and oxygen atoms in total. The summed E-state index contributed by atoms with van der Waals surface area (Å²) in [6.07, 6.45) is 6.04. The van der Waals surface area contributed by atoms with Crippen LogP contribution < -0.4 is 14.8 Å². The Kier molecular flexibility index (Phi) is 7.47. The summed E-state index contributed by atoms with van der Waals surface area (Å²) in [7, 11) is 0. The van der Waals surface area contributed by atoms with Gasteiger partial charge in [-0.3, -0.25) is 9.97 Å². The summed E-state index contributed by atoms with van der Waals surface area (Å²) in [5.74, 6) is 1.40. The standard InChI is InChI=1S/C19H26ClN3O2/c1-5-24-18-9-15(17(20)10-19(18)25-13(2)3)11-23-14(4)8-16-12-21-6-7-22-16/h6-7,9-10,12-14,23H,5,8,11H2,1-4H3/t14-/m1/s1. The molecule has 136 valence electrons. The Morgan fingerprint density at radius 1 is 1.16 bits per heavy atom. The monoisotopic (exact) mass is 363 g/mol. The first-order chi connectivity index (χ1) is 12.0. The fourth-order valence-corrected chi connectivity index (χ4v) is 2.65. The Balaban J connectivity index is 2.04. The summed E-state index contributed by atoms with van der Waals surface area (Å²) in [5, 5.41) is 4.13. The summed E-state index contributed by atoms with van der Waals surface area (Å²) in [6, 6.07) is 4.03. The molecule has 0 aliphatic carbocycles. The Morgan fingerprint density at radius 2 is 1.96 bits per heavy atom. The Morgan fingerprint density at radius 3 is 2.60 bits per heavy atom. The molecule has 0 spiro atoms. The van der Waals surface area contributed by atoms with E-state index in [0.717, 1.165) is 23.4 Å². The number of rotatable bonds is 9. The minimum Gasteiger partial charge on any atom is -0.490 e. The van der Waals surface area contributed by atoms with Gasteiger partial charge < -0.3 is 14.8 Å². The SMILES string of the molecule is CCOc1cc(CN[C@H](C)Cc2cnccn2)c(Cl)cc1OC(C)C. The van der Waals surface area contributed by atoms with E-state index in [2.05, 4.69) is 22.2 Å². The number of aromatic nitrogens is 2. The number of benzene rings is 1. The molecule has 1 N–H and O–H groups in total. The maximum absolute atomic E-state index is 6.43. The number of nitrogens with zero attached hydrogens (tertiary/aromatic N) is 2. The Bertz CT molecular complexity index is 665. The van der Waals surface area contributed by atoms with Crippen molar-refractivity contribution >= 4 is 11.6 Å². The van der Waals surface area contributed by atoms with Crippen LogP contribution in [0.2, 0.25) is 5.02 Å². The summed E-state index contributed by atoms with van der Waals surface area (Å²) in [4.78, 5) is 8.40. The number of hydrogen-bond acceptors (Lipinski definition) is 5. The molecule has 6 heteroatoms. The lowest BCUT2D eigenvalue weighted by Crippen LogP contribution is -2.28. The summed E-state index contributed by atoms with van der Waals surface area (Å²) < 4.78 is 11.5.